The van der Waals surface area contributed by atoms with E-state index >= 15 is 0 Å². The van der Waals surface area contributed by atoms with Crippen molar-refractivity contribution in [2.75, 3.05) is 5.32 Å². The number of rotatable bonds is 7. The molecule has 4 rings (SSSR count). The Labute approximate surface area is 230 Å². The van der Waals surface area contributed by atoms with Crippen molar-refractivity contribution >= 4 is 29.2 Å². The molecule has 1 aromatic heterocycles. The molecule has 0 spiro atoms. The number of anilines is 1. The minimum Gasteiger partial charge on any atom is -0.331 e. The highest BCUT2D eigenvalue weighted by Crippen LogP contribution is 2.43. The van der Waals surface area contributed by atoms with Gasteiger partial charge in [-0.3, -0.25) is 5.43 Å². The standard InChI is InChI=1S/C27H22F6N6S/c1-16(2)22-12-9-20(28)13-23(22)36-25(40)37-35-14-17-3-5-18(6-4-17)24-34-15-39(38-24)21-10-7-19(8-11-21)26(29,30)27(31,32)33/h3-16H,1-2H3,(H2,36,37,40)/b35-14+. The topological polar surface area (TPSA) is 67.1 Å². The van der Waals surface area contributed by atoms with E-state index in [-0.39, 0.29) is 22.5 Å². The number of benzene rings is 3. The molecule has 40 heavy (non-hydrogen) atoms. The molecule has 0 bridgehead atoms. The van der Waals surface area contributed by atoms with E-state index in [1.807, 2.05) is 13.8 Å². The maximum absolute atomic E-state index is 13.7. The van der Waals surface area contributed by atoms with Crippen LogP contribution >= 0.6 is 12.2 Å². The van der Waals surface area contributed by atoms with E-state index in [2.05, 4.69) is 25.9 Å². The van der Waals surface area contributed by atoms with Crippen LogP contribution in [0.5, 0.6) is 0 Å². The van der Waals surface area contributed by atoms with Gasteiger partial charge in [0.2, 0.25) is 0 Å². The van der Waals surface area contributed by atoms with Crippen LogP contribution in [0.4, 0.5) is 32.0 Å². The molecular formula is C27H22F6N6S. The third-order valence-corrected chi connectivity index (χ3v) is 5.97. The summed E-state index contributed by atoms with van der Waals surface area (Å²) in [6.45, 7) is 3.97. The largest absolute Gasteiger partial charge is 0.458 e. The van der Waals surface area contributed by atoms with Gasteiger partial charge in [0, 0.05) is 16.8 Å². The Hall–Kier alpha value is -4.26. The van der Waals surface area contributed by atoms with Crippen molar-refractivity contribution in [2.24, 2.45) is 5.10 Å². The fourth-order valence-corrected chi connectivity index (χ4v) is 3.84. The van der Waals surface area contributed by atoms with Gasteiger partial charge in [0.1, 0.15) is 12.1 Å². The van der Waals surface area contributed by atoms with Gasteiger partial charge in [-0.25, -0.2) is 14.1 Å². The number of alkyl halides is 5. The van der Waals surface area contributed by atoms with Crippen LogP contribution in [0.25, 0.3) is 17.1 Å². The van der Waals surface area contributed by atoms with E-state index in [1.165, 1.54) is 29.4 Å². The van der Waals surface area contributed by atoms with Crippen molar-refractivity contribution in [1.82, 2.24) is 20.2 Å². The molecule has 0 radical (unpaired) electrons. The summed E-state index contributed by atoms with van der Waals surface area (Å²) in [5, 5.41) is 11.5. The molecule has 208 valence electrons. The number of hydrogen-bond donors (Lipinski definition) is 2. The number of halogens is 6. The number of nitrogens with zero attached hydrogens (tertiary/aromatic N) is 4. The molecule has 0 unspecified atom stereocenters. The lowest BCUT2D eigenvalue weighted by molar-refractivity contribution is -0.289. The SMILES string of the molecule is CC(C)c1ccc(F)cc1NC(=S)N/N=C/c1ccc(-c2ncn(-c3ccc(C(F)(F)C(F)(F)F)cc3)n2)cc1. The fraction of sp³-hybridized carbons (Fsp3) is 0.185. The van der Waals surface area contributed by atoms with Gasteiger partial charge in [-0.15, -0.1) is 5.10 Å². The third kappa shape index (κ3) is 6.47. The van der Waals surface area contributed by atoms with Crippen LogP contribution in [0.2, 0.25) is 0 Å². The number of nitrogens with one attached hydrogen (secondary N) is 2. The molecule has 0 fully saturated rings. The Morgan fingerprint density at radius 2 is 1.65 bits per heavy atom. The zero-order chi connectivity index (χ0) is 29.1. The highest BCUT2D eigenvalue weighted by Gasteiger charge is 2.58. The second-order valence-electron chi connectivity index (χ2n) is 8.96. The van der Waals surface area contributed by atoms with Gasteiger partial charge < -0.3 is 5.32 Å². The molecule has 0 saturated heterocycles. The minimum absolute atomic E-state index is 0.158. The van der Waals surface area contributed by atoms with Crippen LogP contribution in [0.1, 0.15) is 36.5 Å². The molecule has 0 aliphatic rings. The van der Waals surface area contributed by atoms with Crippen LogP contribution < -0.4 is 10.7 Å². The van der Waals surface area contributed by atoms with Gasteiger partial charge in [0.15, 0.2) is 10.9 Å². The van der Waals surface area contributed by atoms with Crippen LogP contribution in [-0.4, -0.2) is 32.3 Å². The lowest BCUT2D eigenvalue weighted by atomic mass is 10.0. The van der Waals surface area contributed by atoms with Gasteiger partial charge in [-0.2, -0.15) is 27.1 Å². The van der Waals surface area contributed by atoms with Gasteiger partial charge in [-0.1, -0.05) is 56.3 Å². The Morgan fingerprint density at radius 1 is 0.975 bits per heavy atom. The molecule has 3 aromatic carbocycles. The minimum atomic E-state index is -5.69. The first-order chi connectivity index (χ1) is 18.8. The number of hydrogen-bond acceptors (Lipinski definition) is 4. The summed E-state index contributed by atoms with van der Waals surface area (Å²) in [4.78, 5) is 4.18. The Balaban J connectivity index is 1.38. The Bertz CT molecular complexity index is 1510. The van der Waals surface area contributed by atoms with Crippen LogP contribution in [0, 0.1) is 5.82 Å². The summed E-state index contributed by atoms with van der Waals surface area (Å²) in [5.41, 5.74) is 4.58. The summed E-state index contributed by atoms with van der Waals surface area (Å²) >= 11 is 5.25. The molecule has 0 amide bonds. The fourth-order valence-electron chi connectivity index (χ4n) is 3.68. The first kappa shape index (κ1) is 28.7. The van der Waals surface area contributed by atoms with Crippen molar-refractivity contribution in [2.45, 2.75) is 31.9 Å². The lowest BCUT2D eigenvalue weighted by Gasteiger charge is -2.19. The molecule has 1 heterocycles. The maximum atomic E-state index is 13.7. The highest BCUT2D eigenvalue weighted by atomic mass is 32.1. The smallest absolute Gasteiger partial charge is 0.331 e. The summed E-state index contributed by atoms with van der Waals surface area (Å²) in [7, 11) is 0. The molecule has 0 aliphatic carbocycles. The van der Waals surface area contributed by atoms with Gasteiger partial charge in [0.05, 0.1) is 11.9 Å². The van der Waals surface area contributed by atoms with E-state index in [0.29, 0.717) is 34.8 Å². The van der Waals surface area contributed by atoms with Crippen molar-refractivity contribution < 1.29 is 26.3 Å². The predicted molar refractivity (Wildman–Crippen MR) is 144 cm³/mol. The third-order valence-electron chi connectivity index (χ3n) is 5.78. The first-order valence-electron chi connectivity index (χ1n) is 11.8. The molecule has 4 aromatic rings. The van der Waals surface area contributed by atoms with Crippen LogP contribution in [-0.2, 0) is 5.92 Å². The summed E-state index contributed by atoms with van der Waals surface area (Å²) in [5.74, 6) is -4.88. The van der Waals surface area contributed by atoms with E-state index < -0.39 is 17.7 Å². The molecule has 6 nitrogen and oxygen atoms in total. The van der Waals surface area contributed by atoms with Gasteiger partial charge >= 0.3 is 12.1 Å². The average Bonchev–Trinajstić information content (AvgIpc) is 3.39. The number of hydrazone groups is 1. The van der Waals surface area contributed by atoms with E-state index in [0.717, 1.165) is 17.7 Å². The molecule has 0 saturated carbocycles. The first-order valence-corrected chi connectivity index (χ1v) is 12.2. The number of aromatic nitrogens is 3. The highest BCUT2D eigenvalue weighted by molar-refractivity contribution is 7.80. The average molecular weight is 577 g/mol. The zero-order valence-electron chi connectivity index (χ0n) is 21.0. The lowest BCUT2D eigenvalue weighted by Crippen LogP contribution is -2.33. The second kappa shape index (κ2) is 11.5. The van der Waals surface area contributed by atoms with E-state index in [9.17, 15) is 26.3 Å². The summed E-state index contributed by atoms with van der Waals surface area (Å²) in [6.07, 6.45) is -2.84. The zero-order valence-corrected chi connectivity index (χ0v) is 21.9. The molecular weight excluding hydrogens is 554 g/mol. The quantitative estimate of drug-likeness (QED) is 0.106. The van der Waals surface area contributed by atoms with Crippen molar-refractivity contribution in [3.63, 3.8) is 0 Å². The maximum Gasteiger partial charge on any atom is 0.458 e. The van der Waals surface area contributed by atoms with Gasteiger partial charge in [0.25, 0.3) is 0 Å². The predicted octanol–water partition coefficient (Wildman–Crippen LogP) is 7.17. The molecule has 0 atom stereocenters. The van der Waals surface area contributed by atoms with Gasteiger partial charge in [-0.05, 0) is 53.5 Å². The Morgan fingerprint density at radius 3 is 2.27 bits per heavy atom. The molecule has 13 heteroatoms. The molecule has 0 aliphatic heterocycles. The van der Waals surface area contributed by atoms with E-state index in [4.69, 9.17) is 12.2 Å². The number of thiocarbonyl (C=S) groups is 1. The second-order valence-corrected chi connectivity index (χ2v) is 9.37. The van der Waals surface area contributed by atoms with E-state index in [1.54, 1.807) is 30.3 Å². The summed E-state index contributed by atoms with van der Waals surface area (Å²) in [6, 6.07) is 15.0. The normalized spacial score (nSPS) is 12.2. The van der Waals surface area contributed by atoms with Crippen LogP contribution in [0.3, 0.4) is 0 Å². The molecule has 2 N–H and O–H groups in total. The monoisotopic (exact) mass is 576 g/mol. The van der Waals surface area contributed by atoms with Crippen LogP contribution in [0.15, 0.2) is 78.2 Å². The Kier molecular flexibility index (Phi) is 8.24. The van der Waals surface area contributed by atoms with Crippen molar-refractivity contribution in [3.05, 3.63) is 95.6 Å². The summed E-state index contributed by atoms with van der Waals surface area (Å²) < 4.78 is 79.7. The van der Waals surface area contributed by atoms with Crippen molar-refractivity contribution in [3.8, 4) is 17.1 Å². The van der Waals surface area contributed by atoms with Crippen molar-refractivity contribution in [1.29, 1.82) is 0 Å².